The molecule has 1 heterocycles. The monoisotopic (exact) mass is 323 g/mol. The predicted octanol–water partition coefficient (Wildman–Crippen LogP) is 3.21. The third-order valence-corrected chi connectivity index (χ3v) is 3.63. The molecule has 3 nitrogen and oxygen atoms in total. The van der Waals surface area contributed by atoms with Gasteiger partial charge in [0.05, 0.1) is 6.61 Å². The highest BCUT2D eigenvalue weighted by Crippen LogP contribution is 2.31. The molecule has 23 heavy (non-hydrogen) atoms. The number of hydrogen-bond acceptors (Lipinski definition) is 3. The van der Waals surface area contributed by atoms with Gasteiger partial charge in [0.25, 0.3) is 0 Å². The molecule has 0 bridgehead atoms. The highest BCUT2D eigenvalue weighted by atomic mass is 19.1. The minimum Gasteiger partial charge on any atom is -0.477 e. The maximum absolute atomic E-state index is 13.9. The summed E-state index contributed by atoms with van der Waals surface area (Å²) in [6.45, 7) is 1.67. The van der Waals surface area contributed by atoms with Crippen LogP contribution >= 0.6 is 0 Å². The van der Waals surface area contributed by atoms with E-state index in [2.05, 4.69) is 5.32 Å². The third-order valence-electron chi connectivity index (χ3n) is 3.63. The van der Waals surface area contributed by atoms with Gasteiger partial charge in [-0.2, -0.15) is 0 Å². The van der Waals surface area contributed by atoms with Crippen LogP contribution in [0.5, 0.6) is 5.75 Å². The molecule has 1 aliphatic heterocycles. The lowest BCUT2D eigenvalue weighted by Gasteiger charge is -2.31. The van der Waals surface area contributed by atoms with Gasteiger partial charge in [0.2, 0.25) is 0 Å². The summed E-state index contributed by atoms with van der Waals surface area (Å²) in [5.41, 5.74) is 0.726. The van der Waals surface area contributed by atoms with Crippen molar-refractivity contribution in [3.63, 3.8) is 0 Å². The Hall–Kier alpha value is -2.05. The third kappa shape index (κ3) is 3.65. The van der Waals surface area contributed by atoms with Gasteiger partial charge in [-0.1, -0.05) is 30.3 Å². The molecule has 1 saturated heterocycles. The van der Waals surface area contributed by atoms with Crippen molar-refractivity contribution in [1.29, 1.82) is 0 Å². The molecule has 1 fully saturated rings. The fraction of sp³-hybridized carbons (Fsp3) is 0.294. The zero-order valence-electron chi connectivity index (χ0n) is 12.3. The lowest BCUT2D eigenvalue weighted by atomic mass is 10.0. The molecule has 0 amide bonds. The Morgan fingerprint density at radius 2 is 1.78 bits per heavy atom. The summed E-state index contributed by atoms with van der Waals surface area (Å²) in [6, 6.07) is 10.2. The first kappa shape index (κ1) is 15.8. The standard InChI is InChI=1S/C17H16F3NO2/c18-12-8-13(19)17(14(20)9-12)23-16(11-4-2-1-3-5-11)15-10-21-6-7-22-15/h1-5,8-9,15-16,21H,6-7,10H2/t15?,16-/m0/s1. The maximum atomic E-state index is 13.9. The average molecular weight is 323 g/mol. The first-order valence-corrected chi connectivity index (χ1v) is 7.33. The van der Waals surface area contributed by atoms with E-state index in [0.29, 0.717) is 31.8 Å². The van der Waals surface area contributed by atoms with E-state index in [-0.39, 0.29) is 0 Å². The zero-order chi connectivity index (χ0) is 16.2. The summed E-state index contributed by atoms with van der Waals surface area (Å²) in [5, 5.41) is 3.16. The fourth-order valence-electron chi connectivity index (χ4n) is 2.55. The van der Waals surface area contributed by atoms with E-state index in [1.165, 1.54) is 0 Å². The van der Waals surface area contributed by atoms with Gasteiger partial charge in [0.15, 0.2) is 23.5 Å². The Kier molecular flexibility index (Phi) is 4.83. The quantitative estimate of drug-likeness (QED) is 0.937. The molecular formula is C17H16F3NO2. The van der Waals surface area contributed by atoms with Crippen molar-refractivity contribution in [3.8, 4) is 5.75 Å². The van der Waals surface area contributed by atoms with Crippen LogP contribution < -0.4 is 10.1 Å². The second-order valence-corrected chi connectivity index (χ2v) is 5.26. The Balaban J connectivity index is 1.93. The summed E-state index contributed by atoms with van der Waals surface area (Å²) >= 11 is 0. The number of ether oxygens (including phenoxy) is 2. The summed E-state index contributed by atoms with van der Waals surface area (Å²) in [4.78, 5) is 0. The molecule has 0 aromatic heterocycles. The molecule has 2 aromatic carbocycles. The number of hydrogen-bond donors (Lipinski definition) is 1. The van der Waals surface area contributed by atoms with Gasteiger partial charge in [0.1, 0.15) is 11.9 Å². The van der Waals surface area contributed by atoms with Crippen molar-refractivity contribution >= 4 is 0 Å². The largest absolute Gasteiger partial charge is 0.477 e. The molecule has 122 valence electrons. The number of morpholine rings is 1. The Labute approximate surface area is 132 Å². The van der Waals surface area contributed by atoms with Crippen LogP contribution in [-0.4, -0.2) is 25.8 Å². The SMILES string of the molecule is Fc1cc(F)c(O[C@@H](c2ccccc2)C2CNCCO2)c(F)c1. The Morgan fingerprint density at radius 3 is 2.39 bits per heavy atom. The molecule has 0 spiro atoms. The molecule has 1 unspecified atom stereocenters. The van der Waals surface area contributed by atoms with Crippen LogP contribution in [0, 0.1) is 17.5 Å². The van der Waals surface area contributed by atoms with Crippen LogP contribution in [0.25, 0.3) is 0 Å². The lowest BCUT2D eigenvalue weighted by molar-refractivity contribution is -0.0453. The van der Waals surface area contributed by atoms with Crippen molar-refractivity contribution in [2.45, 2.75) is 12.2 Å². The van der Waals surface area contributed by atoms with Crippen LogP contribution in [0.1, 0.15) is 11.7 Å². The van der Waals surface area contributed by atoms with E-state index in [4.69, 9.17) is 9.47 Å². The van der Waals surface area contributed by atoms with Crippen LogP contribution in [0.2, 0.25) is 0 Å². The van der Waals surface area contributed by atoms with Crippen molar-refractivity contribution < 1.29 is 22.6 Å². The highest BCUT2D eigenvalue weighted by Gasteiger charge is 2.29. The van der Waals surface area contributed by atoms with E-state index in [9.17, 15) is 13.2 Å². The van der Waals surface area contributed by atoms with Crippen molar-refractivity contribution in [3.05, 3.63) is 65.5 Å². The van der Waals surface area contributed by atoms with Gasteiger partial charge in [-0.05, 0) is 5.56 Å². The summed E-state index contributed by atoms with van der Waals surface area (Å²) in [6.07, 6.45) is -1.12. The van der Waals surface area contributed by atoms with E-state index in [1.54, 1.807) is 24.3 Å². The smallest absolute Gasteiger partial charge is 0.191 e. The van der Waals surface area contributed by atoms with Crippen LogP contribution in [-0.2, 0) is 4.74 Å². The second kappa shape index (κ2) is 7.02. The van der Waals surface area contributed by atoms with Crippen molar-refractivity contribution in [2.24, 2.45) is 0 Å². The molecule has 0 aliphatic carbocycles. The zero-order valence-corrected chi connectivity index (χ0v) is 12.3. The molecule has 2 atom stereocenters. The second-order valence-electron chi connectivity index (χ2n) is 5.26. The van der Waals surface area contributed by atoms with Crippen LogP contribution in [0.4, 0.5) is 13.2 Å². The topological polar surface area (TPSA) is 30.5 Å². The number of halogens is 3. The van der Waals surface area contributed by atoms with Crippen LogP contribution in [0.3, 0.4) is 0 Å². The highest BCUT2D eigenvalue weighted by molar-refractivity contribution is 5.29. The van der Waals surface area contributed by atoms with Crippen molar-refractivity contribution in [2.75, 3.05) is 19.7 Å². The Bertz CT molecular complexity index is 637. The first-order valence-electron chi connectivity index (χ1n) is 7.33. The number of rotatable bonds is 4. The van der Waals surface area contributed by atoms with E-state index < -0.39 is 35.4 Å². The average Bonchev–Trinajstić information content (AvgIpc) is 2.56. The summed E-state index contributed by atoms with van der Waals surface area (Å²) in [5.74, 6) is -3.74. The van der Waals surface area contributed by atoms with Crippen LogP contribution in [0.15, 0.2) is 42.5 Å². The molecule has 0 saturated carbocycles. The summed E-state index contributed by atoms with van der Waals surface area (Å²) < 4.78 is 52.1. The van der Waals surface area contributed by atoms with Gasteiger partial charge in [-0.3, -0.25) is 0 Å². The van der Waals surface area contributed by atoms with Gasteiger partial charge in [-0.25, -0.2) is 13.2 Å². The molecule has 1 N–H and O–H groups in total. The molecule has 1 aliphatic rings. The van der Waals surface area contributed by atoms with Gasteiger partial charge in [-0.15, -0.1) is 0 Å². The Morgan fingerprint density at radius 1 is 1.09 bits per heavy atom. The van der Waals surface area contributed by atoms with Crippen molar-refractivity contribution in [1.82, 2.24) is 5.32 Å². The van der Waals surface area contributed by atoms with Gasteiger partial charge >= 0.3 is 0 Å². The number of nitrogens with one attached hydrogen (secondary N) is 1. The van der Waals surface area contributed by atoms with Gasteiger partial charge < -0.3 is 14.8 Å². The molecule has 0 radical (unpaired) electrons. The van der Waals surface area contributed by atoms with E-state index >= 15 is 0 Å². The minimum atomic E-state index is -1.08. The normalized spacial score (nSPS) is 19.3. The molecular weight excluding hydrogens is 307 g/mol. The molecule has 6 heteroatoms. The summed E-state index contributed by atoms with van der Waals surface area (Å²) in [7, 11) is 0. The lowest BCUT2D eigenvalue weighted by Crippen LogP contribution is -2.43. The predicted molar refractivity (Wildman–Crippen MR) is 78.7 cm³/mol. The van der Waals surface area contributed by atoms with Gasteiger partial charge in [0, 0.05) is 25.2 Å². The molecule has 2 aromatic rings. The maximum Gasteiger partial charge on any atom is 0.191 e. The number of benzene rings is 2. The first-order chi connectivity index (χ1) is 11.1. The molecule has 3 rings (SSSR count). The van der Waals surface area contributed by atoms with E-state index in [1.807, 2.05) is 6.07 Å². The minimum absolute atomic E-state index is 0.407. The fourth-order valence-corrected chi connectivity index (χ4v) is 2.55. The van der Waals surface area contributed by atoms with E-state index in [0.717, 1.165) is 5.56 Å².